The third kappa shape index (κ3) is 5.77. The molecule has 1 aromatic carbocycles. The van der Waals surface area contributed by atoms with Crippen LogP contribution >= 0.6 is 11.6 Å². The topological polar surface area (TPSA) is 38.3 Å². The van der Waals surface area contributed by atoms with Gasteiger partial charge in [-0.2, -0.15) is 0 Å². The molecule has 0 atom stereocenters. The summed E-state index contributed by atoms with van der Waals surface area (Å²) < 4.78 is 39.4. The number of alkyl halides is 4. The van der Waals surface area contributed by atoms with Crippen LogP contribution in [0.2, 0.25) is 0 Å². The van der Waals surface area contributed by atoms with Gasteiger partial charge in [-0.25, -0.2) is 0 Å². The summed E-state index contributed by atoms with van der Waals surface area (Å²) in [6.45, 7) is 0. The summed E-state index contributed by atoms with van der Waals surface area (Å²) >= 11 is 5.43. The molecule has 1 aromatic rings. The van der Waals surface area contributed by atoms with E-state index in [0.717, 1.165) is 12.1 Å². The number of benzene rings is 1. The van der Waals surface area contributed by atoms with Crippen molar-refractivity contribution in [3.63, 3.8) is 0 Å². The molecule has 0 aliphatic heterocycles. The molecule has 0 saturated heterocycles. The molecule has 0 aliphatic carbocycles. The number of ether oxygens (including phenoxy) is 1. The summed E-state index contributed by atoms with van der Waals surface area (Å²) in [5, 5.41) is 2.53. The van der Waals surface area contributed by atoms with E-state index in [1.165, 1.54) is 12.1 Å². The van der Waals surface area contributed by atoms with Gasteiger partial charge >= 0.3 is 6.36 Å². The van der Waals surface area contributed by atoms with Crippen LogP contribution in [0.1, 0.15) is 12.8 Å². The molecule has 18 heavy (non-hydrogen) atoms. The fourth-order valence-corrected chi connectivity index (χ4v) is 1.32. The molecular weight excluding hydrogens is 271 g/mol. The van der Waals surface area contributed by atoms with Crippen LogP contribution in [0.3, 0.4) is 0 Å². The monoisotopic (exact) mass is 281 g/mol. The summed E-state index contributed by atoms with van der Waals surface area (Å²) in [6, 6.07) is 4.93. The largest absolute Gasteiger partial charge is 0.573 e. The van der Waals surface area contributed by atoms with Crippen LogP contribution in [-0.2, 0) is 4.79 Å². The summed E-state index contributed by atoms with van der Waals surface area (Å²) in [5.74, 6) is -0.187. The van der Waals surface area contributed by atoms with Crippen molar-refractivity contribution in [2.24, 2.45) is 0 Å². The van der Waals surface area contributed by atoms with Crippen LogP contribution in [0.4, 0.5) is 18.9 Å². The molecule has 100 valence electrons. The minimum atomic E-state index is -4.72. The molecule has 1 rings (SSSR count). The lowest BCUT2D eigenvalue weighted by Crippen LogP contribution is -2.17. The van der Waals surface area contributed by atoms with Gasteiger partial charge in [0.1, 0.15) is 5.75 Å². The van der Waals surface area contributed by atoms with E-state index in [0.29, 0.717) is 18.0 Å². The molecule has 0 unspecified atom stereocenters. The van der Waals surface area contributed by atoms with Crippen molar-refractivity contribution in [3.05, 3.63) is 24.3 Å². The first-order valence-corrected chi connectivity index (χ1v) is 5.66. The third-order valence-electron chi connectivity index (χ3n) is 1.91. The summed E-state index contributed by atoms with van der Waals surface area (Å²) in [4.78, 5) is 11.3. The van der Waals surface area contributed by atoms with E-state index in [9.17, 15) is 18.0 Å². The molecule has 0 bridgehead atoms. The molecule has 1 amide bonds. The van der Waals surface area contributed by atoms with E-state index in [1.54, 1.807) is 0 Å². The lowest BCUT2D eigenvalue weighted by molar-refractivity contribution is -0.274. The predicted octanol–water partition coefficient (Wildman–Crippen LogP) is 3.54. The highest BCUT2D eigenvalue weighted by molar-refractivity contribution is 6.18. The van der Waals surface area contributed by atoms with E-state index in [4.69, 9.17) is 11.6 Å². The van der Waals surface area contributed by atoms with Gasteiger partial charge in [-0.3, -0.25) is 4.79 Å². The molecular formula is C11H11ClF3NO2. The maximum atomic E-state index is 11.9. The number of hydrogen-bond acceptors (Lipinski definition) is 2. The van der Waals surface area contributed by atoms with Gasteiger partial charge in [-0.05, 0) is 30.7 Å². The maximum Gasteiger partial charge on any atom is 0.573 e. The van der Waals surface area contributed by atoms with E-state index < -0.39 is 6.36 Å². The fraction of sp³-hybridized carbons (Fsp3) is 0.364. The average Bonchev–Trinajstić information content (AvgIpc) is 2.27. The lowest BCUT2D eigenvalue weighted by atomic mass is 10.2. The van der Waals surface area contributed by atoms with Gasteiger partial charge in [-0.1, -0.05) is 0 Å². The lowest BCUT2D eigenvalue weighted by Gasteiger charge is -2.09. The number of nitrogens with one attached hydrogen (secondary N) is 1. The minimum Gasteiger partial charge on any atom is -0.406 e. The number of anilines is 1. The Labute approximate surface area is 107 Å². The van der Waals surface area contributed by atoms with Crippen LogP contribution in [0, 0.1) is 0 Å². The number of carbonyl (C=O) groups is 1. The summed E-state index contributed by atoms with van der Waals surface area (Å²) in [6.07, 6.45) is -3.90. The van der Waals surface area contributed by atoms with E-state index >= 15 is 0 Å². The minimum absolute atomic E-state index is 0.236. The van der Waals surface area contributed by atoms with Crippen LogP contribution in [-0.4, -0.2) is 18.1 Å². The molecule has 3 nitrogen and oxygen atoms in total. The summed E-state index contributed by atoms with van der Waals surface area (Å²) in [5.41, 5.74) is 0.407. The van der Waals surface area contributed by atoms with Gasteiger partial charge in [0.05, 0.1) is 0 Å². The van der Waals surface area contributed by atoms with Crippen molar-refractivity contribution >= 4 is 23.2 Å². The maximum absolute atomic E-state index is 11.9. The van der Waals surface area contributed by atoms with Crippen molar-refractivity contribution in [2.75, 3.05) is 11.2 Å². The van der Waals surface area contributed by atoms with E-state index in [2.05, 4.69) is 10.1 Å². The zero-order valence-electron chi connectivity index (χ0n) is 9.26. The predicted molar refractivity (Wildman–Crippen MR) is 61.7 cm³/mol. The Morgan fingerprint density at radius 3 is 2.39 bits per heavy atom. The first kappa shape index (κ1) is 14.6. The van der Waals surface area contributed by atoms with E-state index in [1.807, 2.05) is 0 Å². The highest BCUT2D eigenvalue weighted by Gasteiger charge is 2.30. The Hall–Kier alpha value is -1.43. The quantitative estimate of drug-likeness (QED) is 0.838. The van der Waals surface area contributed by atoms with Gasteiger partial charge in [0.25, 0.3) is 0 Å². The normalized spacial score (nSPS) is 11.1. The van der Waals surface area contributed by atoms with E-state index in [-0.39, 0.29) is 18.1 Å². The molecule has 1 N–H and O–H groups in total. The van der Waals surface area contributed by atoms with Crippen molar-refractivity contribution in [3.8, 4) is 5.75 Å². The van der Waals surface area contributed by atoms with Gasteiger partial charge in [0.2, 0.25) is 5.91 Å². The van der Waals surface area contributed by atoms with Crippen LogP contribution < -0.4 is 10.1 Å². The number of halogens is 4. The van der Waals surface area contributed by atoms with Gasteiger partial charge in [0, 0.05) is 18.0 Å². The number of rotatable bonds is 5. The Balaban J connectivity index is 2.52. The highest BCUT2D eigenvalue weighted by Crippen LogP contribution is 2.23. The second kappa shape index (κ2) is 6.49. The fourth-order valence-electron chi connectivity index (χ4n) is 1.19. The zero-order chi connectivity index (χ0) is 13.6. The summed E-state index contributed by atoms with van der Waals surface area (Å²) in [7, 11) is 0. The second-order valence-corrected chi connectivity index (χ2v) is 3.79. The number of amides is 1. The van der Waals surface area contributed by atoms with Crippen LogP contribution in [0.5, 0.6) is 5.75 Å². The SMILES string of the molecule is O=C(CCCCl)Nc1ccc(OC(F)(F)F)cc1. The number of hydrogen-bond donors (Lipinski definition) is 1. The third-order valence-corrected chi connectivity index (χ3v) is 2.18. The van der Waals surface area contributed by atoms with Gasteiger partial charge in [-0.15, -0.1) is 24.8 Å². The molecule has 0 saturated carbocycles. The first-order valence-electron chi connectivity index (χ1n) is 5.12. The Morgan fingerprint density at radius 2 is 1.89 bits per heavy atom. The molecule has 0 fully saturated rings. The standard InChI is InChI=1S/C11H11ClF3NO2/c12-7-1-2-10(17)16-8-3-5-9(6-4-8)18-11(13,14)15/h3-6H,1-2,7H2,(H,16,17). The van der Waals surface area contributed by atoms with Gasteiger partial charge < -0.3 is 10.1 Å². The van der Waals surface area contributed by atoms with Crippen molar-refractivity contribution in [1.29, 1.82) is 0 Å². The second-order valence-electron chi connectivity index (χ2n) is 3.41. The Kier molecular flexibility index (Phi) is 5.27. The first-order chi connectivity index (χ1) is 8.40. The van der Waals surface area contributed by atoms with Gasteiger partial charge in [0.15, 0.2) is 0 Å². The smallest absolute Gasteiger partial charge is 0.406 e. The van der Waals surface area contributed by atoms with Crippen LogP contribution in [0.25, 0.3) is 0 Å². The highest BCUT2D eigenvalue weighted by atomic mass is 35.5. The molecule has 0 spiro atoms. The molecule has 0 aromatic heterocycles. The Morgan fingerprint density at radius 1 is 1.28 bits per heavy atom. The van der Waals surface area contributed by atoms with Crippen molar-refractivity contribution in [2.45, 2.75) is 19.2 Å². The molecule has 7 heteroatoms. The molecule has 0 radical (unpaired) electrons. The number of carbonyl (C=O) groups excluding carboxylic acids is 1. The zero-order valence-corrected chi connectivity index (χ0v) is 10.0. The molecule has 0 aliphatic rings. The Bertz CT molecular complexity index is 392. The molecule has 0 heterocycles. The van der Waals surface area contributed by atoms with Crippen molar-refractivity contribution < 1.29 is 22.7 Å². The van der Waals surface area contributed by atoms with Crippen molar-refractivity contribution in [1.82, 2.24) is 0 Å². The van der Waals surface area contributed by atoms with Crippen LogP contribution in [0.15, 0.2) is 24.3 Å². The average molecular weight is 282 g/mol.